The van der Waals surface area contributed by atoms with E-state index in [9.17, 15) is 18.0 Å². The monoisotopic (exact) mass is 397 g/mol. The van der Waals surface area contributed by atoms with Gasteiger partial charge in [0.15, 0.2) is 6.61 Å². The van der Waals surface area contributed by atoms with E-state index >= 15 is 0 Å². The van der Waals surface area contributed by atoms with E-state index in [1.54, 1.807) is 6.07 Å². The highest BCUT2D eigenvalue weighted by atomic mass is 19.4. The van der Waals surface area contributed by atoms with Gasteiger partial charge in [0.1, 0.15) is 18.1 Å². The van der Waals surface area contributed by atoms with Gasteiger partial charge >= 0.3 is 6.18 Å². The van der Waals surface area contributed by atoms with Crippen molar-refractivity contribution < 1.29 is 32.2 Å². The summed E-state index contributed by atoms with van der Waals surface area (Å²) >= 11 is 0. The largest absolute Gasteiger partial charge is 0.489 e. The average Bonchev–Trinajstić information content (AvgIpc) is 2.63. The number of halogens is 3. The molecular weight excluding hydrogens is 375 g/mol. The van der Waals surface area contributed by atoms with Gasteiger partial charge in [0, 0.05) is 7.11 Å². The quantitative estimate of drug-likeness (QED) is 0.673. The number of hydrogen-bond acceptors (Lipinski definition) is 4. The van der Waals surface area contributed by atoms with Crippen molar-refractivity contribution in [3.63, 3.8) is 0 Å². The molecule has 0 bridgehead atoms. The Morgan fingerprint density at radius 1 is 1.00 bits per heavy atom. The van der Waals surface area contributed by atoms with E-state index in [0.29, 0.717) is 5.75 Å². The van der Waals surface area contributed by atoms with Crippen LogP contribution in [0.2, 0.25) is 0 Å². The summed E-state index contributed by atoms with van der Waals surface area (Å²) in [5.74, 6) is 0.0534. The van der Waals surface area contributed by atoms with E-state index in [1.807, 2.05) is 26.0 Å². The first-order chi connectivity index (χ1) is 13.2. The number of rotatable bonds is 8. The normalized spacial score (nSPS) is 11.2. The average molecular weight is 397 g/mol. The molecule has 0 spiro atoms. The summed E-state index contributed by atoms with van der Waals surface area (Å²) < 4.78 is 54.7. The molecule has 0 heterocycles. The molecule has 8 heteroatoms. The van der Waals surface area contributed by atoms with E-state index in [4.69, 9.17) is 14.2 Å². The molecule has 1 amide bonds. The van der Waals surface area contributed by atoms with Gasteiger partial charge in [0.2, 0.25) is 0 Å². The Hall–Kier alpha value is -2.74. The van der Waals surface area contributed by atoms with E-state index in [1.165, 1.54) is 13.2 Å². The van der Waals surface area contributed by atoms with Crippen molar-refractivity contribution in [2.45, 2.75) is 20.0 Å². The Labute approximate surface area is 161 Å². The minimum Gasteiger partial charge on any atom is -0.489 e. The van der Waals surface area contributed by atoms with E-state index in [-0.39, 0.29) is 31.3 Å². The highest BCUT2D eigenvalue weighted by molar-refractivity contribution is 5.93. The highest BCUT2D eigenvalue weighted by Gasteiger charge is 2.31. The van der Waals surface area contributed by atoms with Gasteiger partial charge in [-0.15, -0.1) is 0 Å². The van der Waals surface area contributed by atoms with Crippen LogP contribution in [0.5, 0.6) is 11.5 Å². The fraction of sp³-hybridized carbons (Fsp3) is 0.350. The zero-order valence-corrected chi connectivity index (χ0v) is 15.9. The van der Waals surface area contributed by atoms with Gasteiger partial charge in [-0.3, -0.25) is 4.79 Å². The summed E-state index contributed by atoms with van der Waals surface area (Å²) in [4.78, 5) is 12.2. The van der Waals surface area contributed by atoms with Gasteiger partial charge in [0.25, 0.3) is 5.91 Å². The summed E-state index contributed by atoms with van der Waals surface area (Å²) in [6.45, 7) is 3.76. The van der Waals surface area contributed by atoms with Gasteiger partial charge in [-0.2, -0.15) is 13.2 Å². The molecule has 0 aliphatic heterocycles. The van der Waals surface area contributed by atoms with E-state index in [2.05, 4.69) is 5.32 Å². The van der Waals surface area contributed by atoms with Crippen LogP contribution in [0, 0.1) is 13.8 Å². The zero-order valence-electron chi connectivity index (χ0n) is 15.9. The number of carbonyl (C=O) groups excluding carboxylic acids is 1. The standard InChI is InChI=1S/C20H22F3NO4/c1-13-4-5-14(2)18(10-13)28-12-19(25)24-16-11-15(20(21,22)23)6-7-17(16)27-9-8-26-3/h4-7,10-11H,8-9,12H2,1-3H3,(H,24,25). The summed E-state index contributed by atoms with van der Waals surface area (Å²) in [7, 11) is 1.48. The van der Waals surface area contributed by atoms with Gasteiger partial charge in [0.05, 0.1) is 17.9 Å². The molecule has 0 unspecified atom stereocenters. The number of hydrogen-bond donors (Lipinski definition) is 1. The highest BCUT2D eigenvalue weighted by Crippen LogP contribution is 2.35. The molecule has 5 nitrogen and oxygen atoms in total. The minimum atomic E-state index is -4.54. The Morgan fingerprint density at radius 3 is 2.43 bits per heavy atom. The van der Waals surface area contributed by atoms with Crippen molar-refractivity contribution in [1.29, 1.82) is 0 Å². The molecule has 2 aromatic rings. The Balaban J connectivity index is 2.12. The second-order valence-corrected chi connectivity index (χ2v) is 6.16. The lowest BCUT2D eigenvalue weighted by Gasteiger charge is -2.16. The van der Waals surface area contributed by atoms with Crippen LogP contribution >= 0.6 is 0 Å². The maximum absolute atomic E-state index is 13.0. The van der Waals surface area contributed by atoms with Crippen molar-refractivity contribution in [1.82, 2.24) is 0 Å². The molecule has 0 fully saturated rings. The van der Waals surface area contributed by atoms with Gasteiger partial charge in [-0.1, -0.05) is 12.1 Å². The van der Waals surface area contributed by atoms with Crippen molar-refractivity contribution in [3.05, 3.63) is 53.1 Å². The molecule has 0 saturated heterocycles. The second kappa shape index (κ2) is 9.45. The van der Waals surface area contributed by atoms with E-state index < -0.39 is 17.6 Å². The topological polar surface area (TPSA) is 56.8 Å². The lowest BCUT2D eigenvalue weighted by Crippen LogP contribution is -2.21. The number of nitrogens with one attached hydrogen (secondary N) is 1. The fourth-order valence-electron chi connectivity index (χ4n) is 2.36. The third-order valence-corrected chi connectivity index (χ3v) is 3.83. The second-order valence-electron chi connectivity index (χ2n) is 6.16. The Morgan fingerprint density at radius 2 is 1.75 bits per heavy atom. The molecule has 0 radical (unpaired) electrons. The lowest BCUT2D eigenvalue weighted by atomic mass is 10.1. The Bertz CT molecular complexity index is 822. The van der Waals surface area contributed by atoms with Crippen LogP contribution in [0.1, 0.15) is 16.7 Å². The molecule has 0 aromatic heterocycles. The van der Waals surface area contributed by atoms with Crippen molar-refractivity contribution in [3.8, 4) is 11.5 Å². The first kappa shape index (κ1) is 21.6. The van der Waals surface area contributed by atoms with Crippen LogP contribution in [0.15, 0.2) is 36.4 Å². The maximum Gasteiger partial charge on any atom is 0.416 e. The fourth-order valence-corrected chi connectivity index (χ4v) is 2.36. The third kappa shape index (κ3) is 6.16. The summed E-state index contributed by atoms with van der Waals surface area (Å²) in [6, 6.07) is 8.44. The van der Waals surface area contributed by atoms with Crippen LogP contribution in [0.3, 0.4) is 0 Å². The first-order valence-corrected chi connectivity index (χ1v) is 8.53. The van der Waals surface area contributed by atoms with Crippen molar-refractivity contribution in [2.75, 3.05) is 32.2 Å². The van der Waals surface area contributed by atoms with Crippen LogP contribution in [-0.4, -0.2) is 32.8 Å². The summed E-state index contributed by atoms with van der Waals surface area (Å²) in [5, 5.41) is 2.42. The SMILES string of the molecule is COCCOc1ccc(C(F)(F)F)cc1NC(=O)COc1cc(C)ccc1C. The Kier molecular flexibility index (Phi) is 7.28. The smallest absolute Gasteiger partial charge is 0.416 e. The van der Waals surface area contributed by atoms with E-state index in [0.717, 1.165) is 23.3 Å². The number of anilines is 1. The number of methoxy groups -OCH3 is 1. The number of ether oxygens (including phenoxy) is 3. The molecule has 0 aliphatic rings. The van der Waals surface area contributed by atoms with Crippen LogP contribution in [0.25, 0.3) is 0 Å². The number of amides is 1. The van der Waals surface area contributed by atoms with Crippen LogP contribution in [0.4, 0.5) is 18.9 Å². The predicted molar refractivity (Wildman–Crippen MR) is 98.9 cm³/mol. The van der Waals surface area contributed by atoms with Gasteiger partial charge in [-0.05, 0) is 49.2 Å². The maximum atomic E-state index is 13.0. The molecule has 0 saturated carbocycles. The molecule has 152 valence electrons. The third-order valence-electron chi connectivity index (χ3n) is 3.83. The molecule has 0 aliphatic carbocycles. The summed E-state index contributed by atoms with van der Waals surface area (Å²) in [6.07, 6.45) is -4.54. The molecule has 0 atom stereocenters. The van der Waals surface area contributed by atoms with Gasteiger partial charge in [-0.25, -0.2) is 0 Å². The van der Waals surface area contributed by atoms with Crippen molar-refractivity contribution in [2.24, 2.45) is 0 Å². The van der Waals surface area contributed by atoms with Gasteiger partial charge < -0.3 is 19.5 Å². The van der Waals surface area contributed by atoms with Crippen molar-refractivity contribution >= 4 is 11.6 Å². The zero-order chi connectivity index (χ0) is 20.7. The molecule has 2 rings (SSSR count). The summed E-state index contributed by atoms with van der Waals surface area (Å²) in [5.41, 5.74) is 0.839. The molecule has 2 aromatic carbocycles. The molecular formula is C20H22F3NO4. The minimum absolute atomic E-state index is 0.0829. The first-order valence-electron chi connectivity index (χ1n) is 8.53. The number of aryl methyl sites for hydroxylation is 2. The van der Waals surface area contributed by atoms with Crippen LogP contribution < -0.4 is 14.8 Å². The lowest BCUT2D eigenvalue weighted by molar-refractivity contribution is -0.137. The predicted octanol–water partition coefficient (Wildman–Crippen LogP) is 4.36. The number of carbonyl (C=O) groups is 1. The number of benzene rings is 2. The molecule has 1 N–H and O–H groups in total. The number of alkyl halides is 3. The molecule has 28 heavy (non-hydrogen) atoms. The van der Waals surface area contributed by atoms with Crippen LogP contribution in [-0.2, 0) is 15.7 Å².